The van der Waals surface area contributed by atoms with Crippen molar-refractivity contribution in [3.05, 3.63) is 70.8 Å². The Morgan fingerprint density at radius 2 is 1.30 bits per heavy atom. The van der Waals surface area contributed by atoms with Crippen molar-refractivity contribution in [2.24, 2.45) is 5.92 Å². The summed E-state index contributed by atoms with van der Waals surface area (Å²) in [7, 11) is 0. The molecule has 12 heteroatoms. The lowest BCUT2D eigenvalue weighted by molar-refractivity contribution is -0.143. The Bertz CT molecular complexity index is 1320. The molecule has 2 aromatic rings. The van der Waals surface area contributed by atoms with E-state index in [1.54, 1.807) is 0 Å². The maximum Gasteiger partial charge on any atom is 0.416 e. The van der Waals surface area contributed by atoms with Crippen LogP contribution in [0.3, 0.4) is 0 Å². The van der Waals surface area contributed by atoms with Gasteiger partial charge in [0.05, 0.1) is 11.1 Å². The van der Waals surface area contributed by atoms with Crippen LogP contribution in [0, 0.1) is 5.92 Å². The van der Waals surface area contributed by atoms with Gasteiger partial charge in [-0.15, -0.1) is 0 Å². The number of hydrogen-bond acceptors (Lipinski definition) is 4. The van der Waals surface area contributed by atoms with Gasteiger partial charge in [-0.05, 0) is 55.9 Å². The molecule has 0 bridgehead atoms. The van der Waals surface area contributed by atoms with Gasteiger partial charge in [0.15, 0.2) is 0 Å². The third-order valence-electron chi connectivity index (χ3n) is 9.58. The largest absolute Gasteiger partial charge is 0.416 e. The molecule has 3 saturated heterocycles. The van der Waals surface area contributed by atoms with Crippen LogP contribution in [-0.2, 0) is 23.6 Å². The van der Waals surface area contributed by atoms with Gasteiger partial charge in [0, 0.05) is 75.4 Å². The van der Waals surface area contributed by atoms with Gasteiger partial charge in [-0.1, -0.05) is 30.3 Å². The number of nitrogens with zero attached hydrogens (tertiary/aromatic N) is 4. The second kappa shape index (κ2) is 12.0. The maximum atomic E-state index is 13.7. The molecule has 44 heavy (non-hydrogen) atoms. The first kappa shape index (κ1) is 30.9. The number of alkyl halides is 6. The number of amides is 2. The highest BCUT2D eigenvalue weighted by Crippen LogP contribution is 2.38. The van der Waals surface area contributed by atoms with Gasteiger partial charge in [0.25, 0.3) is 5.91 Å². The Morgan fingerprint density at radius 1 is 0.727 bits per heavy atom. The van der Waals surface area contributed by atoms with Crippen molar-refractivity contribution in [3.8, 4) is 0 Å². The van der Waals surface area contributed by atoms with Crippen LogP contribution in [0.15, 0.2) is 48.5 Å². The summed E-state index contributed by atoms with van der Waals surface area (Å²) in [5, 5.41) is 0. The Morgan fingerprint density at radius 3 is 1.84 bits per heavy atom. The Balaban J connectivity index is 1.14. The summed E-state index contributed by atoms with van der Waals surface area (Å²) < 4.78 is 81.2. The van der Waals surface area contributed by atoms with E-state index in [0.717, 1.165) is 57.7 Å². The van der Waals surface area contributed by atoms with Crippen molar-refractivity contribution in [2.75, 3.05) is 45.8 Å². The van der Waals surface area contributed by atoms with Crippen molar-refractivity contribution in [1.29, 1.82) is 0 Å². The van der Waals surface area contributed by atoms with Gasteiger partial charge in [-0.3, -0.25) is 19.4 Å². The third-order valence-corrected chi connectivity index (χ3v) is 9.58. The van der Waals surface area contributed by atoms with Crippen LogP contribution in [-0.4, -0.2) is 95.4 Å². The van der Waals surface area contributed by atoms with E-state index in [1.807, 2.05) is 35.2 Å². The Kier molecular flexibility index (Phi) is 8.42. The van der Waals surface area contributed by atoms with Crippen LogP contribution in [0.1, 0.15) is 52.7 Å². The summed E-state index contributed by atoms with van der Waals surface area (Å²) in [6.45, 7) is 5.17. The van der Waals surface area contributed by atoms with Crippen LogP contribution >= 0.6 is 0 Å². The highest BCUT2D eigenvalue weighted by molar-refractivity contribution is 5.95. The molecule has 2 unspecified atom stereocenters. The van der Waals surface area contributed by atoms with Crippen molar-refractivity contribution in [3.63, 3.8) is 0 Å². The number of hydrogen-bond donors (Lipinski definition) is 0. The molecule has 4 aliphatic rings. The zero-order valence-corrected chi connectivity index (χ0v) is 24.3. The van der Waals surface area contributed by atoms with Gasteiger partial charge in [-0.25, -0.2) is 0 Å². The Hall–Kier alpha value is -3.12. The minimum atomic E-state index is -5.03. The predicted octanol–water partition coefficient (Wildman–Crippen LogP) is 5.18. The molecule has 0 aromatic heterocycles. The van der Waals surface area contributed by atoms with E-state index in [4.69, 9.17) is 0 Å². The molecule has 6 rings (SSSR count). The summed E-state index contributed by atoms with van der Waals surface area (Å²) in [5.41, 5.74) is -2.65. The lowest BCUT2D eigenvalue weighted by atomic mass is 9.90. The molecule has 2 atom stereocenters. The van der Waals surface area contributed by atoms with E-state index in [2.05, 4.69) is 9.80 Å². The standard InChI is InChI=1S/C32H36F6N4O2/c33-31(34,35)24-15-23(16-25(17-24)32(36,37)38)30(44)42-9-8-26(18-27(42)14-21-4-2-1-3-5-21)39-10-12-40(13-11-39)28-19-41(20-28)29(43)22-6-7-22/h1-5,15-17,22,26-28H,6-14,18-20H2. The average molecular weight is 623 g/mol. The molecule has 2 amide bonds. The molecule has 0 N–H and O–H groups in total. The number of rotatable bonds is 6. The summed E-state index contributed by atoms with van der Waals surface area (Å²) in [5.74, 6) is -0.304. The smallest absolute Gasteiger partial charge is 0.339 e. The predicted molar refractivity (Wildman–Crippen MR) is 151 cm³/mol. The Labute approximate surface area is 252 Å². The van der Waals surface area contributed by atoms with E-state index in [0.29, 0.717) is 37.4 Å². The number of likely N-dealkylation sites (tertiary alicyclic amines) is 2. The highest BCUT2D eigenvalue weighted by Gasteiger charge is 2.43. The fourth-order valence-electron chi connectivity index (χ4n) is 6.88. The third kappa shape index (κ3) is 6.75. The first-order valence-electron chi connectivity index (χ1n) is 15.3. The van der Waals surface area contributed by atoms with Crippen molar-refractivity contribution < 1.29 is 35.9 Å². The normalized spacial score (nSPS) is 24.3. The molecule has 238 valence electrons. The monoisotopic (exact) mass is 622 g/mol. The van der Waals surface area contributed by atoms with Crippen LogP contribution in [0.2, 0.25) is 0 Å². The molecule has 6 nitrogen and oxygen atoms in total. The molecule has 3 heterocycles. The van der Waals surface area contributed by atoms with Crippen LogP contribution < -0.4 is 0 Å². The molecular weight excluding hydrogens is 586 g/mol. The first-order chi connectivity index (χ1) is 20.9. The SMILES string of the molecule is O=C(C1CC1)N1CC(N2CCN(C3CCN(C(=O)c4cc(C(F)(F)F)cc(C(F)(F)F)c4)C(Cc4ccccc4)C3)CC2)C1. The molecule has 4 fully saturated rings. The highest BCUT2D eigenvalue weighted by atomic mass is 19.4. The molecule has 0 spiro atoms. The van der Waals surface area contributed by atoms with Crippen LogP contribution in [0.25, 0.3) is 0 Å². The van der Waals surface area contributed by atoms with E-state index < -0.39 is 35.0 Å². The number of halogens is 6. The number of piperidine rings is 1. The van der Waals surface area contributed by atoms with Crippen LogP contribution in [0.5, 0.6) is 0 Å². The number of benzene rings is 2. The molecule has 1 saturated carbocycles. The average Bonchev–Trinajstić information content (AvgIpc) is 3.82. The van der Waals surface area contributed by atoms with Crippen molar-refractivity contribution in [1.82, 2.24) is 19.6 Å². The van der Waals surface area contributed by atoms with Gasteiger partial charge in [0.2, 0.25) is 5.91 Å². The van der Waals surface area contributed by atoms with Gasteiger partial charge < -0.3 is 9.80 Å². The zero-order chi connectivity index (χ0) is 31.2. The van der Waals surface area contributed by atoms with Crippen LogP contribution in [0.4, 0.5) is 26.3 Å². The maximum absolute atomic E-state index is 13.7. The second-order valence-electron chi connectivity index (χ2n) is 12.6. The summed E-state index contributed by atoms with van der Waals surface area (Å²) in [6.07, 6.45) is -6.46. The molecule has 1 aliphatic carbocycles. The molecular formula is C32H36F6N4O2. The van der Waals surface area contributed by atoms with E-state index in [1.165, 1.54) is 4.90 Å². The number of piperazine rings is 1. The molecule has 0 radical (unpaired) electrons. The van der Waals surface area contributed by atoms with Gasteiger partial charge >= 0.3 is 12.4 Å². The van der Waals surface area contributed by atoms with E-state index in [-0.39, 0.29) is 36.5 Å². The van der Waals surface area contributed by atoms with Crippen molar-refractivity contribution in [2.45, 2.75) is 62.6 Å². The zero-order valence-electron chi connectivity index (χ0n) is 24.3. The number of carbonyl (C=O) groups is 2. The second-order valence-corrected chi connectivity index (χ2v) is 12.6. The van der Waals surface area contributed by atoms with Gasteiger partial charge in [0.1, 0.15) is 0 Å². The fourth-order valence-corrected chi connectivity index (χ4v) is 6.88. The lowest BCUT2D eigenvalue weighted by Crippen LogP contribution is -2.65. The summed E-state index contributed by atoms with van der Waals surface area (Å²) in [4.78, 5) is 34.2. The molecule has 3 aliphatic heterocycles. The minimum absolute atomic E-state index is 0.0518. The topological polar surface area (TPSA) is 47.1 Å². The number of carbonyl (C=O) groups excluding carboxylic acids is 2. The van der Waals surface area contributed by atoms with Crippen molar-refractivity contribution >= 4 is 11.8 Å². The first-order valence-corrected chi connectivity index (χ1v) is 15.3. The quantitative estimate of drug-likeness (QED) is 0.417. The fraction of sp³-hybridized carbons (Fsp3) is 0.562. The lowest BCUT2D eigenvalue weighted by Gasteiger charge is -2.50. The van der Waals surface area contributed by atoms with Gasteiger partial charge in [-0.2, -0.15) is 26.3 Å². The van der Waals surface area contributed by atoms with E-state index in [9.17, 15) is 35.9 Å². The molecule has 2 aromatic carbocycles. The summed E-state index contributed by atoms with van der Waals surface area (Å²) >= 11 is 0. The summed E-state index contributed by atoms with van der Waals surface area (Å²) in [6, 6.07) is 10.6. The minimum Gasteiger partial charge on any atom is -0.339 e. The van der Waals surface area contributed by atoms with E-state index >= 15 is 0 Å².